The largest absolute Gasteiger partial charge is 0.265 e. The molecule has 8 heteroatoms. The fraction of sp³-hybridized carbons (Fsp3) is 0.0526. The molecule has 0 fully saturated rings. The van der Waals surface area contributed by atoms with Crippen LogP contribution in [-0.4, -0.2) is 24.8 Å². The Morgan fingerprint density at radius 2 is 1.74 bits per heavy atom. The monoisotopic (exact) mass is 362 g/mol. The maximum Gasteiger partial charge on any atom is 0.194 e. The normalized spacial score (nSPS) is 10.7. The van der Waals surface area contributed by atoms with Crippen molar-refractivity contribution in [1.29, 1.82) is 5.26 Å². The van der Waals surface area contributed by atoms with E-state index in [1.54, 1.807) is 6.20 Å². The van der Waals surface area contributed by atoms with Crippen LogP contribution in [0.4, 0.5) is 8.78 Å². The SMILES string of the molecule is N#Cc1cn(Cc2cc(F)cc(F)c2)nc1-n1cc(-c2ccccc2)nn1. The summed E-state index contributed by atoms with van der Waals surface area (Å²) in [4.78, 5) is 0. The summed E-state index contributed by atoms with van der Waals surface area (Å²) in [5.74, 6) is -1.03. The number of nitriles is 1. The van der Waals surface area contributed by atoms with Crippen LogP contribution in [0.2, 0.25) is 0 Å². The summed E-state index contributed by atoms with van der Waals surface area (Å²) in [5, 5.41) is 21.9. The van der Waals surface area contributed by atoms with Crippen molar-refractivity contribution in [2.75, 3.05) is 0 Å². The number of hydrogen-bond acceptors (Lipinski definition) is 4. The summed E-state index contributed by atoms with van der Waals surface area (Å²) in [5.41, 5.74) is 2.20. The molecule has 0 aliphatic rings. The van der Waals surface area contributed by atoms with Crippen molar-refractivity contribution < 1.29 is 8.78 Å². The van der Waals surface area contributed by atoms with Gasteiger partial charge in [-0.05, 0) is 17.7 Å². The van der Waals surface area contributed by atoms with Crippen LogP contribution in [0.1, 0.15) is 11.1 Å². The fourth-order valence-corrected chi connectivity index (χ4v) is 2.74. The molecule has 0 bridgehead atoms. The van der Waals surface area contributed by atoms with Gasteiger partial charge < -0.3 is 0 Å². The minimum absolute atomic E-state index is 0.115. The van der Waals surface area contributed by atoms with Gasteiger partial charge in [-0.2, -0.15) is 15.0 Å². The van der Waals surface area contributed by atoms with Crippen LogP contribution in [0.25, 0.3) is 17.1 Å². The van der Waals surface area contributed by atoms with Crippen LogP contribution in [-0.2, 0) is 6.54 Å². The first-order chi connectivity index (χ1) is 13.1. The van der Waals surface area contributed by atoms with Crippen LogP contribution in [0.15, 0.2) is 60.9 Å². The molecule has 0 amide bonds. The molecule has 2 aromatic heterocycles. The number of aromatic nitrogens is 5. The summed E-state index contributed by atoms with van der Waals surface area (Å²) in [6, 6.07) is 14.8. The van der Waals surface area contributed by atoms with E-state index in [1.165, 1.54) is 27.7 Å². The van der Waals surface area contributed by atoms with Crippen molar-refractivity contribution >= 4 is 0 Å². The molecule has 4 rings (SSSR count). The Hall–Kier alpha value is -3.86. The van der Waals surface area contributed by atoms with Gasteiger partial charge in [0.05, 0.1) is 12.7 Å². The molecular formula is C19H12F2N6. The lowest BCUT2D eigenvalue weighted by Gasteiger charge is -2.02. The van der Waals surface area contributed by atoms with Crippen molar-refractivity contribution in [2.24, 2.45) is 0 Å². The molecule has 0 unspecified atom stereocenters. The quantitative estimate of drug-likeness (QED) is 0.558. The summed E-state index contributed by atoms with van der Waals surface area (Å²) in [7, 11) is 0. The van der Waals surface area contributed by atoms with E-state index in [-0.39, 0.29) is 12.1 Å². The molecule has 0 aliphatic heterocycles. The lowest BCUT2D eigenvalue weighted by atomic mass is 10.2. The second-order valence-electron chi connectivity index (χ2n) is 5.87. The van der Waals surface area contributed by atoms with Gasteiger partial charge in [-0.3, -0.25) is 4.68 Å². The van der Waals surface area contributed by atoms with E-state index >= 15 is 0 Å². The van der Waals surface area contributed by atoms with Crippen LogP contribution >= 0.6 is 0 Å². The highest BCUT2D eigenvalue weighted by atomic mass is 19.1. The number of rotatable bonds is 4. The van der Waals surface area contributed by atoms with Gasteiger partial charge >= 0.3 is 0 Å². The third-order valence-corrected chi connectivity index (χ3v) is 3.91. The average molecular weight is 362 g/mol. The van der Waals surface area contributed by atoms with Crippen molar-refractivity contribution in [3.63, 3.8) is 0 Å². The first-order valence-corrected chi connectivity index (χ1v) is 8.03. The van der Waals surface area contributed by atoms with Crippen molar-refractivity contribution in [3.8, 4) is 23.1 Å². The molecule has 4 aromatic rings. The first kappa shape index (κ1) is 16.6. The Labute approximate surface area is 152 Å². The molecule has 0 aliphatic carbocycles. The highest BCUT2D eigenvalue weighted by Gasteiger charge is 2.14. The van der Waals surface area contributed by atoms with Gasteiger partial charge in [-0.15, -0.1) is 5.10 Å². The lowest BCUT2D eigenvalue weighted by molar-refractivity contribution is 0.574. The predicted octanol–water partition coefficient (Wildman–Crippen LogP) is 3.33. The third-order valence-electron chi connectivity index (χ3n) is 3.91. The third kappa shape index (κ3) is 3.43. The molecule has 0 spiro atoms. The standard InChI is InChI=1S/C19H12F2N6/c20-16-6-13(7-17(21)8-16)10-26-11-15(9-22)19(24-26)27-12-18(23-25-27)14-4-2-1-3-5-14/h1-8,11-12H,10H2. The molecule has 2 aromatic carbocycles. The molecular weight excluding hydrogens is 350 g/mol. The zero-order valence-corrected chi connectivity index (χ0v) is 13.9. The number of halogens is 2. The van der Waals surface area contributed by atoms with E-state index < -0.39 is 11.6 Å². The van der Waals surface area contributed by atoms with Gasteiger partial charge in [-0.25, -0.2) is 8.78 Å². The highest BCUT2D eigenvalue weighted by Crippen LogP contribution is 2.19. The Balaban J connectivity index is 1.66. The second kappa shape index (κ2) is 6.80. The van der Waals surface area contributed by atoms with Gasteiger partial charge in [0, 0.05) is 17.8 Å². The van der Waals surface area contributed by atoms with Gasteiger partial charge in [0.25, 0.3) is 0 Å². The van der Waals surface area contributed by atoms with E-state index in [0.717, 1.165) is 11.6 Å². The van der Waals surface area contributed by atoms with Gasteiger partial charge in [0.15, 0.2) is 5.82 Å². The Bertz CT molecular complexity index is 1120. The highest BCUT2D eigenvalue weighted by molar-refractivity contribution is 5.58. The maximum atomic E-state index is 13.4. The molecule has 0 saturated carbocycles. The predicted molar refractivity (Wildman–Crippen MR) is 92.8 cm³/mol. The minimum Gasteiger partial charge on any atom is -0.265 e. The van der Waals surface area contributed by atoms with Gasteiger partial charge in [-0.1, -0.05) is 35.5 Å². The Kier molecular flexibility index (Phi) is 4.18. The molecule has 132 valence electrons. The molecule has 0 saturated heterocycles. The average Bonchev–Trinajstić information content (AvgIpc) is 3.28. The summed E-state index contributed by atoms with van der Waals surface area (Å²) < 4.78 is 29.6. The van der Waals surface area contributed by atoms with Crippen molar-refractivity contribution in [1.82, 2.24) is 24.8 Å². The molecule has 27 heavy (non-hydrogen) atoms. The maximum absolute atomic E-state index is 13.4. The Morgan fingerprint density at radius 3 is 2.44 bits per heavy atom. The van der Waals surface area contributed by atoms with Gasteiger partial charge in [0.1, 0.15) is 29.0 Å². The zero-order chi connectivity index (χ0) is 18.8. The van der Waals surface area contributed by atoms with E-state index in [4.69, 9.17) is 0 Å². The lowest BCUT2D eigenvalue weighted by Crippen LogP contribution is -2.04. The molecule has 2 heterocycles. The van der Waals surface area contributed by atoms with Crippen LogP contribution in [0.5, 0.6) is 0 Å². The summed E-state index contributed by atoms with van der Waals surface area (Å²) >= 11 is 0. The minimum atomic E-state index is -0.665. The molecule has 6 nitrogen and oxygen atoms in total. The van der Waals surface area contributed by atoms with Crippen LogP contribution in [0.3, 0.4) is 0 Å². The molecule has 0 radical (unpaired) electrons. The topological polar surface area (TPSA) is 72.3 Å². The zero-order valence-electron chi connectivity index (χ0n) is 13.9. The van der Waals surface area contributed by atoms with E-state index in [1.807, 2.05) is 30.3 Å². The van der Waals surface area contributed by atoms with Gasteiger partial charge in [0.2, 0.25) is 0 Å². The first-order valence-electron chi connectivity index (χ1n) is 8.03. The fourth-order valence-electron chi connectivity index (χ4n) is 2.74. The second-order valence-corrected chi connectivity index (χ2v) is 5.87. The van der Waals surface area contributed by atoms with Crippen molar-refractivity contribution in [3.05, 3.63) is 83.7 Å². The van der Waals surface area contributed by atoms with E-state index in [2.05, 4.69) is 21.5 Å². The summed E-state index contributed by atoms with van der Waals surface area (Å²) in [6.45, 7) is 0.115. The van der Waals surface area contributed by atoms with Crippen molar-refractivity contribution in [2.45, 2.75) is 6.54 Å². The summed E-state index contributed by atoms with van der Waals surface area (Å²) in [6.07, 6.45) is 3.17. The number of nitrogens with zero attached hydrogens (tertiary/aromatic N) is 6. The smallest absolute Gasteiger partial charge is 0.194 e. The molecule has 0 N–H and O–H groups in total. The van der Waals surface area contributed by atoms with Crippen LogP contribution in [0, 0.1) is 23.0 Å². The number of benzene rings is 2. The number of hydrogen-bond donors (Lipinski definition) is 0. The van der Waals surface area contributed by atoms with E-state index in [9.17, 15) is 14.0 Å². The van der Waals surface area contributed by atoms with E-state index in [0.29, 0.717) is 17.1 Å². The molecule has 0 atom stereocenters. The Morgan fingerprint density at radius 1 is 1.00 bits per heavy atom. The van der Waals surface area contributed by atoms with Crippen LogP contribution < -0.4 is 0 Å².